The van der Waals surface area contributed by atoms with Gasteiger partial charge in [0, 0.05) is 25.0 Å². The maximum absolute atomic E-state index is 14.6. The van der Waals surface area contributed by atoms with Crippen molar-refractivity contribution in [1.82, 2.24) is 30.5 Å². The largest absolute Gasteiger partial charge is 0.491 e. The fourth-order valence-corrected chi connectivity index (χ4v) is 4.54. The maximum Gasteiger partial charge on any atom is 0.415 e. The van der Waals surface area contributed by atoms with Crippen LogP contribution in [0.4, 0.5) is 9.18 Å². The second-order valence-corrected chi connectivity index (χ2v) is 8.62. The summed E-state index contributed by atoms with van der Waals surface area (Å²) in [5, 5.41) is 14.6. The minimum atomic E-state index is -0.363. The number of nitrogens with one attached hydrogen (secondary N) is 2. The molecule has 2 N–H and O–H groups in total. The minimum absolute atomic E-state index is 0.173. The Morgan fingerprint density at radius 2 is 2.15 bits per heavy atom. The fraction of sp³-hybridized carbons (Fsp3) is 0.478. The predicted molar refractivity (Wildman–Crippen MR) is 122 cm³/mol. The average molecular weight is 470 g/mol. The van der Waals surface area contributed by atoms with Crippen LogP contribution >= 0.6 is 0 Å². The Morgan fingerprint density at radius 1 is 1.26 bits per heavy atom. The second-order valence-electron chi connectivity index (χ2n) is 8.62. The summed E-state index contributed by atoms with van der Waals surface area (Å²) in [5.41, 5.74) is 1.79. The quantitative estimate of drug-likeness (QED) is 0.508. The van der Waals surface area contributed by atoms with Crippen molar-refractivity contribution in [2.45, 2.75) is 31.9 Å². The van der Waals surface area contributed by atoms with Crippen LogP contribution in [-0.4, -0.2) is 71.1 Å². The lowest BCUT2D eigenvalue weighted by atomic mass is 10.1. The molecule has 2 aromatic rings. The van der Waals surface area contributed by atoms with E-state index in [0.717, 1.165) is 30.6 Å². The molecule has 10 nitrogen and oxygen atoms in total. The molecule has 0 spiro atoms. The van der Waals surface area contributed by atoms with Gasteiger partial charge in [-0.15, -0.1) is 0 Å². The number of benzene rings is 1. The summed E-state index contributed by atoms with van der Waals surface area (Å²) in [7, 11) is 0. The van der Waals surface area contributed by atoms with Crippen LogP contribution in [0, 0.1) is 11.7 Å². The van der Waals surface area contributed by atoms with Gasteiger partial charge in [0.25, 0.3) is 0 Å². The van der Waals surface area contributed by atoms with E-state index in [4.69, 9.17) is 9.47 Å². The molecule has 1 aliphatic carbocycles. The van der Waals surface area contributed by atoms with Gasteiger partial charge in [0.05, 0.1) is 25.5 Å². The molecule has 3 aliphatic rings. The Kier molecular flexibility index (Phi) is 6.70. The molecule has 1 aromatic carbocycles. The van der Waals surface area contributed by atoms with Crippen LogP contribution in [-0.2, 0) is 24.1 Å². The maximum atomic E-state index is 14.6. The van der Waals surface area contributed by atoms with Gasteiger partial charge in [-0.3, -0.25) is 4.90 Å². The minimum Gasteiger partial charge on any atom is -0.491 e. The first kappa shape index (κ1) is 22.3. The van der Waals surface area contributed by atoms with Crippen LogP contribution in [0.25, 0.3) is 0 Å². The van der Waals surface area contributed by atoms with Gasteiger partial charge in [0.1, 0.15) is 24.3 Å². The summed E-state index contributed by atoms with van der Waals surface area (Å²) in [4.78, 5) is 19.5. The number of halogens is 1. The van der Waals surface area contributed by atoms with Crippen molar-refractivity contribution in [3.05, 3.63) is 53.5 Å². The van der Waals surface area contributed by atoms with E-state index in [1.165, 1.54) is 10.9 Å². The third-order valence-corrected chi connectivity index (χ3v) is 6.18. The number of ether oxygens (including phenoxy) is 2. The van der Waals surface area contributed by atoms with E-state index in [1.807, 2.05) is 6.07 Å². The highest BCUT2D eigenvalue weighted by molar-refractivity contribution is 5.73. The van der Waals surface area contributed by atoms with Crippen molar-refractivity contribution in [1.29, 1.82) is 0 Å². The third-order valence-electron chi connectivity index (χ3n) is 6.18. The Hall–Kier alpha value is -3.47. The molecular formula is C23H28FN7O3. The van der Waals surface area contributed by atoms with E-state index in [0.29, 0.717) is 56.6 Å². The van der Waals surface area contributed by atoms with E-state index in [9.17, 15) is 9.18 Å². The summed E-state index contributed by atoms with van der Waals surface area (Å²) < 4.78 is 25.8. The number of aromatic nitrogens is 3. The first-order chi connectivity index (χ1) is 16.7. The van der Waals surface area contributed by atoms with Gasteiger partial charge in [-0.05, 0) is 55.5 Å². The first-order valence-electron chi connectivity index (χ1n) is 11.6. The molecule has 1 fully saturated rings. The number of rotatable bonds is 10. The zero-order valence-electron chi connectivity index (χ0n) is 18.8. The summed E-state index contributed by atoms with van der Waals surface area (Å²) >= 11 is 0. The number of aliphatic imine (C=N–C) groups is 1. The van der Waals surface area contributed by atoms with E-state index in [2.05, 4.69) is 25.8 Å². The number of cyclic esters (lactones) is 1. The summed E-state index contributed by atoms with van der Waals surface area (Å²) in [6.45, 7) is 3.53. The van der Waals surface area contributed by atoms with Gasteiger partial charge in [0.2, 0.25) is 0 Å². The third kappa shape index (κ3) is 5.19. The summed E-state index contributed by atoms with van der Waals surface area (Å²) in [6.07, 6.45) is 8.37. The Bertz CT molecular complexity index is 1070. The molecule has 1 amide bonds. The molecule has 34 heavy (non-hydrogen) atoms. The monoisotopic (exact) mass is 469 g/mol. The van der Waals surface area contributed by atoms with Gasteiger partial charge in [-0.25, -0.2) is 14.2 Å². The zero-order chi connectivity index (χ0) is 23.3. The molecule has 3 heterocycles. The molecule has 5 rings (SSSR count). The number of hydrogen-bond donors (Lipinski definition) is 2. The molecule has 11 heteroatoms. The Balaban J connectivity index is 1.04. The molecule has 2 unspecified atom stereocenters. The molecular weight excluding hydrogens is 441 g/mol. The van der Waals surface area contributed by atoms with Crippen molar-refractivity contribution in [3.8, 4) is 5.75 Å². The summed E-state index contributed by atoms with van der Waals surface area (Å²) in [6, 6.07) is 3.41. The van der Waals surface area contributed by atoms with Crippen LogP contribution in [0.15, 0.2) is 41.5 Å². The molecule has 1 aromatic heterocycles. The van der Waals surface area contributed by atoms with Crippen LogP contribution < -0.4 is 15.4 Å². The lowest BCUT2D eigenvalue weighted by Crippen LogP contribution is -2.29. The van der Waals surface area contributed by atoms with Crippen molar-refractivity contribution >= 4 is 12.3 Å². The molecule has 2 atom stereocenters. The number of carbonyl (C=O) groups excluding carboxylic acids is 1. The standard InChI is InChI=1S/C23H28FN7O3/c24-21-12-19(33-8-7-31-28-5-6-29-31)11-17-9-16(10-20(17)21)13-25-2-1-18-15-30(23(32)34-18)22-14-26-3-4-27-22/h4-6,11-12,14,16,18,25-26H,1-3,7-10,13,15H2. The normalized spacial score (nSPS) is 21.3. The summed E-state index contributed by atoms with van der Waals surface area (Å²) in [5.74, 6) is 1.24. The molecule has 0 radical (unpaired) electrons. The van der Waals surface area contributed by atoms with Crippen molar-refractivity contribution < 1.29 is 18.7 Å². The lowest BCUT2D eigenvalue weighted by molar-refractivity contribution is 0.130. The van der Waals surface area contributed by atoms with Gasteiger partial charge in [-0.1, -0.05) is 0 Å². The van der Waals surface area contributed by atoms with Gasteiger partial charge in [0.15, 0.2) is 5.82 Å². The fourth-order valence-electron chi connectivity index (χ4n) is 4.54. The van der Waals surface area contributed by atoms with Crippen LogP contribution in [0.3, 0.4) is 0 Å². The van der Waals surface area contributed by atoms with E-state index < -0.39 is 0 Å². The molecule has 0 bridgehead atoms. The first-order valence-corrected chi connectivity index (χ1v) is 11.6. The highest BCUT2D eigenvalue weighted by atomic mass is 19.1. The van der Waals surface area contributed by atoms with Crippen LogP contribution in [0.5, 0.6) is 5.75 Å². The predicted octanol–water partition coefficient (Wildman–Crippen LogP) is 1.48. The number of carbonyl (C=O) groups is 1. The van der Waals surface area contributed by atoms with Crippen molar-refractivity contribution in [2.24, 2.45) is 10.9 Å². The van der Waals surface area contributed by atoms with E-state index in [1.54, 1.807) is 29.7 Å². The van der Waals surface area contributed by atoms with Crippen molar-refractivity contribution in [3.63, 3.8) is 0 Å². The van der Waals surface area contributed by atoms with Gasteiger partial charge in [-0.2, -0.15) is 15.0 Å². The highest BCUT2D eigenvalue weighted by Crippen LogP contribution is 2.32. The molecule has 0 saturated carbocycles. The smallest absolute Gasteiger partial charge is 0.415 e. The number of fused-ring (bicyclic) bond motifs is 1. The van der Waals surface area contributed by atoms with E-state index >= 15 is 0 Å². The Morgan fingerprint density at radius 3 is 2.97 bits per heavy atom. The SMILES string of the molecule is O=C1OC(CCNCC2Cc3cc(OCCn4nccn4)cc(F)c3C2)CN1C1=CNCC=N1. The topological polar surface area (TPSA) is 106 Å². The lowest BCUT2D eigenvalue weighted by Gasteiger charge is -2.16. The molecule has 2 aliphatic heterocycles. The van der Waals surface area contributed by atoms with Crippen LogP contribution in [0.1, 0.15) is 17.5 Å². The zero-order valence-corrected chi connectivity index (χ0v) is 18.8. The van der Waals surface area contributed by atoms with Crippen molar-refractivity contribution in [2.75, 3.05) is 32.8 Å². The number of nitrogens with zero attached hydrogens (tertiary/aromatic N) is 5. The van der Waals surface area contributed by atoms with Crippen LogP contribution in [0.2, 0.25) is 0 Å². The van der Waals surface area contributed by atoms with E-state index in [-0.39, 0.29) is 18.0 Å². The van der Waals surface area contributed by atoms with Gasteiger partial charge < -0.3 is 20.1 Å². The number of hydrogen-bond acceptors (Lipinski definition) is 8. The average Bonchev–Trinajstić information content (AvgIpc) is 3.58. The van der Waals surface area contributed by atoms with Gasteiger partial charge >= 0.3 is 6.09 Å². The molecule has 1 saturated heterocycles. The highest BCUT2D eigenvalue weighted by Gasteiger charge is 2.33. The molecule has 180 valence electrons. The second kappa shape index (κ2) is 10.2. The Labute approximate surface area is 196 Å². The number of amides is 1.